The predicted molar refractivity (Wildman–Crippen MR) is 279 cm³/mol. The molecule has 0 heterocycles. The zero-order valence-electron chi connectivity index (χ0n) is 45.7. The van der Waals surface area contributed by atoms with Crippen LogP contribution in [0.1, 0.15) is 203 Å². The van der Waals surface area contributed by atoms with E-state index in [4.69, 9.17) is 4.55 Å². The number of unbranched alkanes of at least 4 members (excludes halogenated alkanes) is 4. The summed E-state index contributed by atoms with van der Waals surface area (Å²) in [5, 5.41) is 23.1. The van der Waals surface area contributed by atoms with Gasteiger partial charge in [-0.1, -0.05) is 171 Å². The van der Waals surface area contributed by atoms with Gasteiger partial charge in [0.15, 0.2) is 0 Å². The fourth-order valence-electron chi connectivity index (χ4n) is 9.17. The minimum atomic E-state index is -4.94. The Hall–Kier alpha value is -2.81. The molecule has 0 aliphatic heterocycles. The molecular formula is C54H106N4O9S. The number of carbonyl (C=O) groups excluding carboxylic acids is 4. The van der Waals surface area contributed by atoms with Crippen molar-refractivity contribution in [1.82, 2.24) is 10.6 Å². The Morgan fingerprint density at radius 2 is 0.824 bits per heavy atom. The summed E-state index contributed by atoms with van der Waals surface area (Å²) in [6.07, 6.45) is 30.2. The minimum absolute atomic E-state index is 0.0573. The molecule has 0 aliphatic rings. The lowest BCUT2D eigenvalue weighted by atomic mass is 9.84. The number of hydrogen-bond donors (Lipinski definition) is 3. The van der Waals surface area contributed by atoms with Crippen LogP contribution in [0.2, 0.25) is 0 Å². The molecule has 0 bridgehead atoms. The molecule has 0 spiro atoms. The summed E-state index contributed by atoms with van der Waals surface area (Å²) in [6, 6.07) is 1.44. The maximum atomic E-state index is 11.4. The average molecular weight is 988 g/mol. The van der Waals surface area contributed by atoms with E-state index in [0.717, 1.165) is 83.7 Å². The second-order valence-electron chi connectivity index (χ2n) is 20.5. The molecule has 402 valence electrons. The van der Waals surface area contributed by atoms with Crippen LogP contribution in [-0.4, -0.2) is 117 Å². The smallest absolute Gasteiger partial charge is 0.273 e. The van der Waals surface area contributed by atoms with E-state index < -0.39 is 33.7 Å². The Morgan fingerprint density at radius 3 is 1.00 bits per heavy atom. The van der Waals surface area contributed by atoms with Crippen LogP contribution in [-0.2, 0) is 29.3 Å². The molecule has 0 aromatic heterocycles. The van der Waals surface area contributed by atoms with Crippen molar-refractivity contribution in [3.63, 3.8) is 0 Å². The summed E-state index contributed by atoms with van der Waals surface area (Å²) in [5.74, 6) is -0.782. The first-order chi connectivity index (χ1) is 31.9. The van der Waals surface area contributed by atoms with E-state index in [0.29, 0.717) is 0 Å². The van der Waals surface area contributed by atoms with Crippen LogP contribution >= 0.6 is 0 Å². The maximum absolute atomic E-state index is 11.4. The van der Waals surface area contributed by atoms with Crippen molar-refractivity contribution in [2.75, 3.05) is 54.4 Å². The molecule has 2 amide bonds. The summed E-state index contributed by atoms with van der Waals surface area (Å²) >= 11 is 0. The lowest BCUT2D eigenvalue weighted by molar-refractivity contribution is -0.916. The van der Waals surface area contributed by atoms with Gasteiger partial charge in [0.25, 0.3) is 10.1 Å². The zero-order valence-corrected chi connectivity index (χ0v) is 46.5. The Kier molecular flexibility index (Phi) is 41.7. The number of carboxylic acids is 2. The predicted octanol–water partition coefficient (Wildman–Crippen LogP) is 8.81. The second kappa shape index (κ2) is 40.9. The van der Waals surface area contributed by atoms with Gasteiger partial charge in [0.05, 0.1) is 59.3 Å². The second-order valence-corrected chi connectivity index (χ2v) is 22.1. The monoisotopic (exact) mass is 987 g/mol. The number of quaternary nitrogens is 2. The van der Waals surface area contributed by atoms with Crippen molar-refractivity contribution in [2.24, 2.45) is 23.7 Å². The molecule has 5 atom stereocenters. The third-order valence-electron chi connectivity index (χ3n) is 14.3. The molecular weight excluding hydrogens is 881 g/mol. The van der Waals surface area contributed by atoms with Crippen LogP contribution in [0.4, 0.5) is 0 Å². The van der Waals surface area contributed by atoms with E-state index in [1.165, 1.54) is 141 Å². The molecule has 0 aromatic carbocycles. The summed E-state index contributed by atoms with van der Waals surface area (Å²) in [5.41, 5.74) is 0. The van der Waals surface area contributed by atoms with Crippen molar-refractivity contribution in [3.05, 3.63) is 25.3 Å². The lowest BCUT2D eigenvalue weighted by Gasteiger charge is -2.41. The van der Waals surface area contributed by atoms with Crippen LogP contribution in [0, 0.1) is 23.7 Å². The number of nitrogens with zero attached hydrogens (tertiary/aromatic N) is 2. The fourth-order valence-corrected chi connectivity index (χ4v) is 9.76. The van der Waals surface area contributed by atoms with Crippen molar-refractivity contribution in [3.8, 4) is 0 Å². The number of hydrogen-bond acceptors (Lipinski definition) is 8. The van der Waals surface area contributed by atoms with Crippen molar-refractivity contribution < 1.29 is 51.3 Å². The fraction of sp³-hybridized carbons (Fsp3) is 0.852. The molecule has 0 rings (SSSR count). The van der Waals surface area contributed by atoms with E-state index in [9.17, 15) is 37.8 Å². The summed E-state index contributed by atoms with van der Waals surface area (Å²) in [7, 11) is 4.72. The van der Waals surface area contributed by atoms with Gasteiger partial charge in [0.2, 0.25) is 11.8 Å². The van der Waals surface area contributed by atoms with Crippen molar-refractivity contribution in [2.45, 2.75) is 220 Å². The number of aliphatic carboxylic acids is 2. The quantitative estimate of drug-likeness (QED) is 0.0233. The molecule has 0 saturated heterocycles. The van der Waals surface area contributed by atoms with Gasteiger partial charge in [0, 0.05) is 64.0 Å². The van der Waals surface area contributed by atoms with Gasteiger partial charge in [-0.15, -0.1) is 0 Å². The maximum Gasteiger partial charge on any atom is 0.273 e. The molecule has 0 aliphatic carbocycles. The Morgan fingerprint density at radius 1 is 0.544 bits per heavy atom. The van der Waals surface area contributed by atoms with E-state index >= 15 is 0 Å². The van der Waals surface area contributed by atoms with Crippen LogP contribution in [0.25, 0.3) is 0 Å². The molecule has 0 saturated carbocycles. The number of amides is 2. The van der Waals surface area contributed by atoms with Crippen LogP contribution in [0.5, 0.6) is 0 Å². The number of carbonyl (C=O) groups is 4. The largest absolute Gasteiger partial charge is 0.550 e. The highest BCUT2D eigenvalue weighted by Crippen LogP contribution is 2.32. The topological polar surface area (TPSA) is 193 Å². The van der Waals surface area contributed by atoms with Crippen LogP contribution in [0.15, 0.2) is 25.3 Å². The third-order valence-corrected chi connectivity index (χ3v) is 15.4. The van der Waals surface area contributed by atoms with Gasteiger partial charge in [-0.2, -0.15) is 8.42 Å². The normalized spacial score (nSPS) is 14.8. The molecule has 14 heteroatoms. The van der Waals surface area contributed by atoms with E-state index in [1.54, 1.807) is 0 Å². The Labute approximate surface area is 418 Å². The van der Waals surface area contributed by atoms with Gasteiger partial charge >= 0.3 is 0 Å². The van der Waals surface area contributed by atoms with E-state index in [-0.39, 0.29) is 11.8 Å². The van der Waals surface area contributed by atoms with Crippen LogP contribution in [0.3, 0.4) is 0 Å². The lowest BCUT2D eigenvalue weighted by Crippen LogP contribution is -2.51. The third kappa shape index (κ3) is 35.3. The van der Waals surface area contributed by atoms with Crippen LogP contribution < -0.4 is 20.8 Å². The van der Waals surface area contributed by atoms with Crippen molar-refractivity contribution in [1.29, 1.82) is 0 Å². The first-order valence-corrected chi connectivity index (χ1v) is 28.3. The first-order valence-electron chi connectivity index (χ1n) is 26.8. The summed E-state index contributed by atoms with van der Waals surface area (Å²) < 4.78 is 30.6. The SMILES string of the molecule is C=CC(=O)NCCC[N+](C)(C)C(CC(CC)CCCC)CC(CC)CCCC.C=CC(=O)NCCC[N+](C)(C)C(CC(CC)CCCC)CC(CC)CCCC.O=C([O-])CC(C(=O)[O-])S(=O)(=O)O. The van der Waals surface area contributed by atoms with E-state index in [2.05, 4.69) is 107 Å². The highest BCUT2D eigenvalue weighted by Gasteiger charge is 2.33. The summed E-state index contributed by atoms with van der Waals surface area (Å²) in [4.78, 5) is 42.5. The average Bonchev–Trinajstić information content (AvgIpc) is 3.29. The molecule has 0 fully saturated rings. The van der Waals surface area contributed by atoms with E-state index in [1.807, 2.05) is 0 Å². The first kappa shape index (κ1) is 69.5. The Balaban J connectivity index is -0.00000101. The molecule has 3 N–H and O–H groups in total. The number of rotatable bonds is 40. The molecule has 0 aromatic rings. The van der Waals surface area contributed by atoms with Gasteiger partial charge in [-0.05, 0) is 35.8 Å². The molecule has 5 unspecified atom stereocenters. The van der Waals surface area contributed by atoms with Gasteiger partial charge in [0.1, 0.15) is 5.25 Å². The molecule has 68 heavy (non-hydrogen) atoms. The van der Waals surface area contributed by atoms with Gasteiger partial charge in [-0.25, -0.2) is 0 Å². The summed E-state index contributed by atoms with van der Waals surface area (Å²) in [6.45, 7) is 29.5. The van der Waals surface area contributed by atoms with Gasteiger partial charge in [-0.3, -0.25) is 14.1 Å². The molecule has 13 nitrogen and oxygen atoms in total. The number of nitrogens with one attached hydrogen (secondary N) is 2. The number of carboxylic acid groups (broad SMARTS) is 2. The van der Waals surface area contributed by atoms with Crippen molar-refractivity contribution >= 4 is 33.9 Å². The zero-order chi connectivity index (χ0) is 52.8. The Bertz CT molecular complexity index is 1340. The minimum Gasteiger partial charge on any atom is -0.550 e. The highest BCUT2D eigenvalue weighted by molar-refractivity contribution is 7.87. The highest BCUT2D eigenvalue weighted by atomic mass is 32.2. The standard InChI is InChI=1S/2C25H50N2O.C4H6O7S/c2*1-8-13-16-22(10-3)20-24(21-23(11-4)17-14-9-2)27(6,7)19-15-18-26-25(28)12-5;5-3(6)1-2(4(7)8)12(9,10)11/h2*12,22-24H,5,8-11,13-21H2,1-4,6-7H3;2H,1H2,(H,5,6)(H,7,8)(H,9,10,11). The van der Waals surface area contributed by atoms with Gasteiger partial charge < -0.3 is 39.4 Å². The molecule has 0 radical (unpaired) electrons.